The first-order valence-electron chi connectivity index (χ1n) is 6.92. The average Bonchev–Trinajstić information content (AvgIpc) is 2.53. The number of hydrogen-bond acceptors (Lipinski definition) is 4. The molecule has 0 saturated heterocycles. The summed E-state index contributed by atoms with van der Waals surface area (Å²) >= 11 is 0. The van der Waals surface area contributed by atoms with Crippen LogP contribution in [0.2, 0.25) is 0 Å². The van der Waals surface area contributed by atoms with Crippen LogP contribution in [0.5, 0.6) is 0 Å². The first kappa shape index (κ1) is 16.1. The zero-order chi connectivity index (χ0) is 17.5. The van der Waals surface area contributed by atoms with E-state index in [1.165, 1.54) is 30.3 Å². The Labute approximate surface area is 133 Å². The van der Waals surface area contributed by atoms with Crippen LogP contribution in [-0.2, 0) is 5.60 Å². The normalized spacial score (nSPS) is 14.5. The minimum atomic E-state index is -5.11. The summed E-state index contributed by atoms with van der Waals surface area (Å²) in [6, 6.07) is 11.1. The van der Waals surface area contributed by atoms with Crippen LogP contribution in [0.1, 0.15) is 11.3 Å². The van der Waals surface area contributed by atoms with Crippen LogP contribution >= 0.6 is 0 Å². The number of aliphatic hydroxyl groups is 1. The molecule has 1 heterocycles. The average molecular weight is 335 g/mol. The van der Waals surface area contributed by atoms with E-state index in [-0.39, 0.29) is 16.7 Å². The van der Waals surface area contributed by atoms with Crippen LogP contribution in [0.4, 0.5) is 18.9 Å². The molecule has 3 N–H and O–H groups in total. The topological polar surface area (TPSA) is 76.5 Å². The zero-order valence-electron chi connectivity index (χ0n) is 12.2. The SMILES string of the molecule is Nc1ccc(C(O)(c2cc(=O)c3ccccc3o2)C(F)(F)F)cc1. The summed E-state index contributed by atoms with van der Waals surface area (Å²) in [6.45, 7) is 0. The summed E-state index contributed by atoms with van der Waals surface area (Å²) in [5, 5.41) is 10.6. The molecule has 0 aliphatic heterocycles. The van der Waals surface area contributed by atoms with Gasteiger partial charge in [0.2, 0.25) is 5.60 Å². The van der Waals surface area contributed by atoms with E-state index in [0.29, 0.717) is 6.07 Å². The van der Waals surface area contributed by atoms with Gasteiger partial charge in [0.25, 0.3) is 0 Å². The molecule has 2 aromatic carbocycles. The molecule has 1 unspecified atom stereocenters. The number of benzene rings is 2. The lowest BCUT2D eigenvalue weighted by molar-refractivity contribution is -0.254. The van der Waals surface area contributed by atoms with E-state index in [9.17, 15) is 23.1 Å². The number of hydrogen-bond donors (Lipinski definition) is 2. The van der Waals surface area contributed by atoms with E-state index in [4.69, 9.17) is 10.2 Å². The van der Waals surface area contributed by atoms with Gasteiger partial charge in [0, 0.05) is 17.3 Å². The van der Waals surface area contributed by atoms with Crippen molar-refractivity contribution >= 4 is 16.7 Å². The molecule has 7 heteroatoms. The highest BCUT2D eigenvalue weighted by Gasteiger charge is 2.58. The van der Waals surface area contributed by atoms with Crippen molar-refractivity contribution in [1.82, 2.24) is 0 Å². The molecule has 0 radical (unpaired) electrons. The molecule has 0 bridgehead atoms. The lowest BCUT2D eigenvalue weighted by atomic mass is 9.89. The van der Waals surface area contributed by atoms with Crippen LogP contribution in [0.15, 0.2) is 63.8 Å². The van der Waals surface area contributed by atoms with Gasteiger partial charge >= 0.3 is 6.18 Å². The molecule has 0 aliphatic rings. The molecule has 1 aromatic heterocycles. The highest BCUT2D eigenvalue weighted by molar-refractivity contribution is 5.76. The van der Waals surface area contributed by atoms with Gasteiger partial charge in [0.1, 0.15) is 5.58 Å². The van der Waals surface area contributed by atoms with Crippen LogP contribution in [0.25, 0.3) is 11.0 Å². The van der Waals surface area contributed by atoms with E-state index in [1.54, 1.807) is 6.07 Å². The lowest BCUT2D eigenvalue weighted by Gasteiger charge is -2.30. The number of para-hydroxylation sites is 1. The van der Waals surface area contributed by atoms with E-state index in [2.05, 4.69) is 0 Å². The summed E-state index contributed by atoms with van der Waals surface area (Å²) in [5.41, 5.74) is 1.03. The van der Waals surface area contributed by atoms with Crippen molar-refractivity contribution in [1.29, 1.82) is 0 Å². The Kier molecular flexibility index (Phi) is 3.60. The molecule has 0 amide bonds. The monoisotopic (exact) mass is 335 g/mol. The lowest BCUT2D eigenvalue weighted by Crippen LogP contribution is -2.43. The van der Waals surface area contributed by atoms with Crippen molar-refractivity contribution in [2.45, 2.75) is 11.8 Å². The van der Waals surface area contributed by atoms with E-state index < -0.39 is 28.5 Å². The van der Waals surface area contributed by atoms with Gasteiger partial charge in [-0.05, 0) is 24.3 Å². The Hall–Kier alpha value is -2.80. The second-order valence-electron chi connectivity index (χ2n) is 5.30. The number of anilines is 1. The third-order valence-electron chi connectivity index (χ3n) is 3.73. The third-order valence-corrected chi connectivity index (χ3v) is 3.73. The molecular formula is C17H12F3NO3. The van der Waals surface area contributed by atoms with E-state index in [0.717, 1.165) is 12.1 Å². The van der Waals surface area contributed by atoms with Crippen LogP contribution in [0.3, 0.4) is 0 Å². The third kappa shape index (κ3) is 2.43. The standard InChI is InChI=1S/C17H12F3NO3/c18-17(19,20)16(23,10-5-7-11(21)8-6-10)15-9-13(22)12-3-1-2-4-14(12)24-15/h1-9,23H,21H2. The maximum absolute atomic E-state index is 13.7. The summed E-state index contributed by atoms with van der Waals surface area (Å²) in [5.74, 6) is -0.900. The summed E-state index contributed by atoms with van der Waals surface area (Å²) in [4.78, 5) is 12.1. The Morgan fingerprint density at radius 3 is 2.25 bits per heavy atom. The molecule has 24 heavy (non-hydrogen) atoms. The highest BCUT2D eigenvalue weighted by atomic mass is 19.4. The molecule has 0 fully saturated rings. The predicted octanol–water partition coefficient (Wildman–Crippen LogP) is 3.17. The van der Waals surface area contributed by atoms with E-state index in [1.807, 2.05) is 0 Å². The summed E-state index contributed by atoms with van der Waals surface area (Å²) < 4.78 is 46.2. The molecule has 124 valence electrons. The molecule has 0 spiro atoms. The van der Waals surface area contributed by atoms with Gasteiger partial charge in [0.15, 0.2) is 11.2 Å². The second-order valence-corrected chi connectivity index (χ2v) is 5.30. The molecule has 0 saturated carbocycles. The van der Waals surface area contributed by atoms with Crippen molar-refractivity contribution in [3.63, 3.8) is 0 Å². The van der Waals surface area contributed by atoms with Gasteiger partial charge in [-0.15, -0.1) is 0 Å². The Morgan fingerprint density at radius 1 is 1.00 bits per heavy atom. The fourth-order valence-corrected chi connectivity index (χ4v) is 2.45. The van der Waals surface area contributed by atoms with Gasteiger partial charge in [0.05, 0.1) is 5.39 Å². The fourth-order valence-electron chi connectivity index (χ4n) is 2.45. The van der Waals surface area contributed by atoms with Crippen molar-refractivity contribution in [2.75, 3.05) is 5.73 Å². The molecule has 4 nitrogen and oxygen atoms in total. The zero-order valence-corrected chi connectivity index (χ0v) is 12.2. The van der Waals surface area contributed by atoms with Crippen LogP contribution in [-0.4, -0.2) is 11.3 Å². The summed E-state index contributed by atoms with van der Waals surface area (Å²) in [6.07, 6.45) is -5.11. The Bertz CT molecular complexity index is 948. The number of alkyl halides is 3. The molecular weight excluding hydrogens is 323 g/mol. The smallest absolute Gasteiger partial charge is 0.428 e. The minimum Gasteiger partial charge on any atom is -0.457 e. The number of nitrogen functional groups attached to an aromatic ring is 1. The summed E-state index contributed by atoms with van der Waals surface area (Å²) in [7, 11) is 0. The first-order chi connectivity index (χ1) is 11.2. The predicted molar refractivity (Wildman–Crippen MR) is 82.4 cm³/mol. The maximum Gasteiger partial charge on any atom is 0.428 e. The largest absolute Gasteiger partial charge is 0.457 e. The number of halogens is 3. The van der Waals surface area contributed by atoms with Gasteiger partial charge < -0.3 is 15.3 Å². The van der Waals surface area contributed by atoms with Gasteiger partial charge in [-0.25, -0.2) is 0 Å². The van der Waals surface area contributed by atoms with Crippen molar-refractivity contribution in [3.8, 4) is 0 Å². The highest BCUT2D eigenvalue weighted by Crippen LogP contribution is 2.44. The number of rotatable bonds is 2. The van der Waals surface area contributed by atoms with Crippen molar-refractivity contribution in [2.24, 2.45) is 0 Å². The minimum absolute atomic E-state index is 0.0434. The Balaban J connectivity index is 2.31. The maximum atomic E-state index is 13.7. The van der Waals surface area contributed by atoms with Gasteiger partial charge in [-0.3, -0.25) is 4.79 Å². The fraction of sp³-hybridized carbons (Fsp3) is 0.118. The van der Waals surface area contributed by atoms with Gasteiger partial charge in [-0.1, -0.05) is 24.3 Å². The Morgan fingerprint density at radius 2 is 1.62 bits per heavy atom. The number of fused-ring (bicyclic) bond motifs is 1. The van der Waals surface area contributed by atoms with E-state index >= 15 is 0 Å². The molecule has 0 aliphatic carbocycles. The molecule has 1 atom stereocenters. The van der Waals surface area contributed by atoms with Crippen LogP contribution < -0.4 is 11.2 Å². The van der Waals surface area contributed by atoms with Crippen LogP contribution in [0, 0.1) is 0 Å². The first-order valence-corrected chi connectivity index (χ1v) is 6.92. The van der Waals surface area contributed by atoms with Gasteiger partial charge in [-0.2, -0.15) is 13.2 Å². The molecule has 3 rings (SSSR count). The second kappa shape index (κ2) is 5.38. The number of nitrogens with two attached hydrogens (primary N) is 1. The van der Waals surface area contributed by atoms with Crippen molar-refractivity contribution in [3.05, 3.63) is 76.1 Å². The quantitative estimate of drug-likeness (QED) is 0.705. The molecule has 3 aromatic rings. The van der Waals surface area contributed by atoms with Crippen molar-refractivity contribution < 1.29 is 22.7 Å².